The van der Waals surface area contributed by atoms with Crippen LogP contribution in [0.2, 0.25) is 5.02 Å². The molecule has 1 atom stereocenters. The summed E-state index contributed by atoms with van der Waals surface area (Å²) in [6, 6.07) is 5.13. The van der Waals surface area contributed by atoms with E-state index >= 15 is 0 Å². The van der Waals surface area contributed by atoms with Gasteiger partial charge >= 0.3 is 0 Å². The van der Waals surface area contributed by atoms with E-state index in [1.807, 2.05) is 6.92 Å². The number of carbonyl (C=O) groups is 1. The van der Waals surface area contributed by atoms with Gasteiger partial charge in [0, 0.05) is 5.69 Å². The molecule has 0 spiro atoms. The monoisotopic (exact) mass is 389 g/mol. The Morgan fingerprint density at radius 3 is 2.83 bits per heavy atom. The molecule has 1 amide bonds. The highest BCUT2D eigenvalue weighted by Crippen LogP contribution is 2.32. The van der Waals surface area contributed by atoms with Crippen LogP contribution in [0.3, 0.4) is 0 Å². The number of thioether (sulfide) groups is 2. The molecule has 1 unspecified atom stereocenters. The quantitative estimate of drug-likeness (QED) is 0.706. The van der Waals surface area contributed by atoms with E-state index in [0.717, 1.165) is 14.4 Å². The van der Waals surface area contributed by atoms with Crippen molar-refractivity contribution in [3.05, 3.63) is 23.2 Å². The van der Waals surface area contributed by atoms with Gasteiger partial charge in [0.2, 0.25) is 5.91 Å². The van der Waals surface area contributed by atoms with E-state index in [1.54, 1.807) is 37.1 Å². The Labute approximate surface area is 152 Å². The average Bonchev–Trinajstić information content (AvgIpc) is 2.95. The van der Waals surface area contributed by atoms with E-state index in [0.29, 0.717) is 16.5 Å². The number of rotatable bonds is 7. The van der Waals surface area contributed by atoms with Crippen LogP contribution in [0, 0.1) is 0 Å². The minimum Gasteiger partial charge on any atom is -0.495 e. The van der Waals surface area contributed by atoms with Crippen LogP contribution in [0.5, 0.6) is 5.75 Å². The number of hydrogen-bond donors (Lipinski definition) is 1. The fourth-order valence-electron chi connectivity index (χ4n) is 1.62. The van der Waals surface area contributed by atoms with Crippen molar-refractivity contribution in [3.63, 3.8) is 0 Å². The molecule has 0 bridgehead atoms. The van der Waals surface area contributed by atoms with Gasteiger partial charge in [-0.3, -0.25) is 4.79 Å². The van der Waals surface area contributed by atoms with Gasteiger partial charge in [-0.15, -0.1) is 10.2 Å². The summed E-state index contributed by atoms with van der Waals surface area (Å²) in [4.78, 5) is 12.3. The second-order valence-corrected chi connectivity index (χ2v) is 8.85. The second-order valence-electron chi connectivity index (χ2n) is 4.37. The van der Waals surface area contributed by atoms with Crippen molar-refractivity contribution >= 4 is 58.1 Å². The van der Waals surface area contributed by atoms with E-state index < -0.39 is 0 Å². The summed E-state index contributed by atoms with van der Waals surface area (Å²) in [6.45, 7) is 3.90. The van der Waals surface area contributed by atoms with Crippen LogP contribution in [-0.2, 0) is 4.79 Å². The molecular weight excluding hydrogens is 374 g/mol. The number of hydrogen-bond acceptors (Lipinski definition) is 7. The highest BCUT2D eigenvalue weighted by Gasteiger charge is 2.18. The van der Waals surface area contributed by atoms with Crippen molar-refractivity contribution in [1.29, 1.82) is 0 Å². The third-order valence-electron chi connectivity index (χ3n) is 2.72. The Hall–Kier alpha value is -0.960. The molecule has 1 heterocycles. The van der Waals surface area contributed by atoms with Gasteiger partial charge < -0.3 is 10.1 Å². The van der Waals surface area contributed by atoms with E-state index in [2.05, 4.69) is 22.4 Å². The number of halogens is 1. The van der Waals surface area contributed by atoms with Crippen LogP contribution in [0.15, 0.2) is 26.9 Å². The van der Waals surface area contributed by atoms with E-state index in [1.165, 1.54) is 23.1 Å². The van der Waals surface area contributed by atoms with E-state index in [-0.39, 0.29) is 11.2 Å². The molecular formula is C14H16ClN3O2S3. The molecule has 1 aromatic carbocycles. The van der Waals surface area contributed by atoms with Gasteiger partial charge in [-0.1, -0.05) is 53.4 Å². The molecule has 23 heavy (non-hydrogen) atoms. The zero-order chi connectivity index (χ0) is 16.8. The molecule has 0 aliphatic carbocycles. The molecule has 0 saturated carbocycles. The molecule has 0 aliphatic heterocycles. The molecule has 0 fully saturated rings. The zero-order valence-electron chi connectivity index (χ0n) is 12.8. The van der Waals surface area contributed by atoms with Crippen molar-refractivity contribution in [3.8, 4) is 5.75 Å². The smallest absolute Gasteiger partial charge is 0.237 e. The standard InChI is InChI=1S/C14H16ClN3O2S3/c1-4-21-13-17-18-14(23-13)22-8(2)12(19)16-9-5-6-11(20-3)10(15)7-9/h5-8H,4H2,1-3H3,(H,16,19). The number of amides is 1. The third-order valence-corrected chi connectivity index (χ3v) is 6.14. The Bertz CT molecular complexity index is 681. The Balaban J connectivity index is 1.95. The lowest BCUT2D eigenvalue weighted by Crippen LogP contribution is -2.22. The van der Waals surface area contributed by atoms with E-state index in [4.69, 9.17) is 16.3 Å². The summed E-state index contributed by atoms with van der Waals surface area (Å²) in [6.07, 6.45) is 0. The molecule has 0 saturated heterocycles. The minimum atomic E-state index is -0.289. The molecule has 1 N–H and O–H groups in total. The van der Waals surface area contributed by atoms with E-state index in [9.17, 15) is 4.79 Å². The summed E-state index contributed by atoms with van der Waals surface area (Å²) in [5.74, 6) is 1.41. The number of nitrogens with one attached hydrogen (secondary N) is 1. The predicted molar refractivity (Wildman–Crippen MR) is 98.3 cm³/mol. The third kappa shape index (κ3) is 5.27. The molecule has 0 radical (unpaired) electrons. The van der Waals surface area contributed by atoms with Gasteiger partial charge in [0.1, 0.15) is 5.75 Å². The first kappa shape index (κ1) is 18.4. The van der Waals surface area contributed by atoms with Crippen LogP contribution in [0.25, 0.3) is 0 Å². The number of aromatic nitrogens is 2. The molecule has 2 rings (SSSR count). The van der Waals surface area contributed by atoms with Crippen LogP contribution < -0.4 is 10.1 Å². The molecule has 0 aliphatic rings. The molecule has 124 valence electrons. The summed E-state index contributed by atoms with van der Waals surface area (Å²) in [5.41, 5.74) is 0.632. The van der Waals surface area contributed by atoms with Crippen LogP contribution in [0.4, 0.5) is 5.69 Å². The van der Waals surface area contributed by atoms with Crippen LogP contribution in [0.1, 0.15) is 13.8 Å². The number of carbonyl (C=O) groups excluding carboxylic acids is 1. The van der Waals surface area contributed by atoms with Crippen LogP contribution in [-0.4, -0.2) is 34.2 Å². The number of nitrogens with zero attached hydrogens (tertiary/aromatic N) is 2. The Kier molecular flexibility index (Phi) is 7.01. The van der Waals surface area contributed by atoms with Gasteiger partial charge in [-0.25, -0.2) is 0 Å². The van der Waals surface area contributed by atoms with Gasteiger partial charge in [-0.05, 0) is 30.9 Å². The maximum atomic E-state index is 12.3. The average molecular weight is 390 g/mol. The normalized spacial score (nSPS) is 12.0. The lowest BCUT2D eigenvalue weighted by Gasteiger charge is -2.11. The Morgan fingerprint density at radius 1 is 1.43 bits per heavy atom. The predicted octanol–water partition coefficient (Wildman–Crippen LogP) is 4.43. The number of methoxy groups -OCH3 is 1. The Morgan fingerprint density at radius 2 is 2.17 bits per heavy atom. The topological polar surface area (TPSA) is 64.1 Å². The summed E-state index contributed by atoms with van der Waals surface area (Å²) in [7, 11) is 1.55. The second kappa shape index (κ2) is 8.77. The largest absolute Gasteiger partial charge is 0.495 e. The maximum absolute atomic E-state index is 12.3. The first-order valence-electron chi connectivity index (χ1n) is 6.80. The highest BCUT2D eigenvalue weighted by molar-refractivity contribution is 8.03. The highest BCUT2D eigenvalue weighted by atomic mass is 35.5. The van der Waals surface area contributed by atoms with Crippen molar-refractivity contribution in [2.45, 2.75) is 27.8 Å². The molecule has 5 nitrogen and oxygen atoms in total. The number of benzene rings is 1. The van der Waals surface area contributed by atoms with Crippen LogP contribution >= 0.6 is 46.5 Å². The lowest BCUT2D eigenvalue weighted by molar-refractivity contribution is -0.115. The zero-order valence-corrected chi connectivity index (χ0v) is 16.0. The van der Waals surface area contributed by atoms with Crippen molar-refractivity contribution in [2.75, 3.05) is 18.2 Å². The molecule has 2 aromatic rings. The van der Waals surface area contributed by atoms with Gasteiger partial charge in [-0.2, -0.15) is 0 Å². The van der Waals surface area contributed by atoms with Gasteiger partial charge in [0.15, 0.2) is 8.68 Å². The lowest BCUT2D eigenvalue weighted by atomic mass is 10.3. The first-order chi connectivity index (χ1) is 11.0. The molecule has 9 heteroatoms. The fourth-order valence-corrected chi connectivity index (χ4v) is 4.94. The van der Waals surface area contributed by atoms with Gasteiger partial charge in [0.25, 0.3) is 0 Å². The molecule has 1 aromatic heterocycles. The van der Waals surface area contributed by atoms with Gasteiger partial charge in [0.05, 0.1) is 17.4 Å². The SMILES string of the molecule is CCSc1nnc(SC(C)C(=O)Nc2ccc(OC)c(Cl)c2)s1. The number of anilines is 1. The first-order valence-corrected chi connectivity index (χ1v) is 9.86. The van der Waals surface area contributed by atoms with Crippen molar-refractivity contribution < 1.29 is 9.53 Å². The summed E-state index contributed by atoms with van der Waals surface area (Å²) in [5, 5.41) is 11.2. The maximum Gasteiger partial charge on any atom is 0.237 e. The fraction of sp³-hybridized carbons (Fsp3) is 0.357. The van der Waals surface area contributed by atoms with Crippen molar-refractivity contribution in [1.82, 2.24) is 10.2 Å². The number of ether oxygens (including phenoxy) is 1. The van der Waals surface area contributed by atoms with Crippen molar-refractivity contribution in [2.24, 2.45) is 0 Å². The minimum absolute atomic E-state index is 0.115. The summed E-state index contributed by atoms with van der Waals surface area (Å²) < 4.78 is 6.80. The summed E-state index contributed by atoms with van der Waals surface area (Å²) >= 11 is 10.6.